The fourth-order valence-electron chi connectivity index (χ4n) is 1.43. The summed E-state index contributed by atoms with van der Waals surface area (Å²) in [6.45, 7) is 1.96. The Kier molecular flexibility index (Phi) is 4.64. The van der Waals surface area contributed by atoms with Crippen LogP contribution < -0.4 is 10.1 Å². The van der Waals surface area contributed by atoms with Crippen molar-refractivity contribution in [2.75, 3.05) is 12.4 Å². The van der Waals surface area contributed by atoms with Crippen LogP contribution in [0.1, 0.15) is 19.8 Å². The van der Waals surface area contributed by atoms with E-state index < -0.39 is 12.0 Å². The molecule has 0 bridgehead atoms. The average molecular weight is 223 g/mol. The van der Waals surface area contributed by atoms with E-state index in [4.69, 9.17) is 9.84 Å². The van der Waals surface area contributed by atoms with Crippen LogP contribution in [-0.4, -0.2) is 24.2 Å². The fourth-order valence-corrected chi connectivity index (χ4v) is 1.43. The van der Waals surface area contributed by atoms with Crippen LogP contribution in [0, 0.1) is 0 Å². The first-order valence-electron chi connectivity index (χ1n) is 5.30. The topological polar surface area (TPSA) is 58.6 Å². The number of benzene rings is 1. The molecule has 1 aromatic rings. The van der Waals surface area contributed by atoms with Gasteiger partial charge in [0.1, 0.15) is 11.8 Å². The van der Waals surface area contributed by atoms with Crippen LogP contribution in [0.4, 0.5) is 5.69 Å². The quantitative estimate of drug-likeness (QED) is 0.777. The number of hydrogen-bond acceptors (Lipinski definition) is 3. The van der Waals surface area contributed by atoms with Crippen molar-refractivity contribution in [1.82, 2.24) is 0 Å². The van der Waals surface area contributed by atoms with E-state index in [0.29, 0.717) is 6.42 Å². The highest BCUT2D eigenvalue weighted by molar-refractivity contribution is 5.77. The molecule has 0 aliphatic heterocycles. The van der Waals surface area contributed by atoms with Gasteiger partial charge >= 0.3 is 5.97 Å². The van der Waals surface area contributed by atoms with Crippen LogP contribution in [0.2, 0.25) is 0 Å². The normalized spacial score (nSPS) is 11.9. The van der Waals surface area contributed by atoms with Crippen LogP contribution in [-0.2, 0) is 4.79 Å². The molecule has 0 heterocycles. The maximum Gasteiger partial charge on any atom is 0.326 e. The summed E-state index contributed by atoms with van der Waals surface area (Å²) in [6, 6.07) is 6.69. The Bertz CT molecular complexity index is 335. The number of carbonyl (C=O) groups is 1. The molecule has 2 N–H and O–H groups in total. The van der Waals surface area contributed by atoms with Crippen molar-refractivity contribution in [3.63, 3.8) is 0 Å². The minimum absolute atomic E-state index is 0.529. The molecule has 0 amide bonds. The maximum absolute atomic E-state index is 10.9. The molecule has 0 saturated carbocycles. The molecule has 0 unspecified atom stereocenters. The molecule has 0 fully saturated rings. The third-order valence-electron chi connectivity index (χ3n) is 2.31. The van der Waals surface area contributed by atoms with E-state index in [1.54, 1.807) is 19.2 Å². The van der Waals surface area contributed by atoms with E-state index in [1.807, 2.05) is 19.1 Å². The number of carboxylic acid groups (broad SMARTS) is 1. The molecule has 0 aromatic heterocycles. The van der Waals surface area contributed by atoms with Gasteiger partial charge in [0.05, 0.1) is 7.11 Å². The van der Waals surface area contributed by atoms with Crippen LogP contribution in [0.5, 0.6) is 5.75 Å². The number of hydrogen-bond donors (Lipinski definition) is 2. The predicted octanol–water partition coefficient (Wildman–Crippen LogP) is 2.36. The second kappa shape index (κ2) is 6.00. The molecule has 4 heteroatoms. The molecule has 0 aliphatic carbocycles. The van der Waals surface area contributed by atoms with Crippen LogP contribution in [0.25, 0.3) is 0 Å². The van der Waals surface area contributed by atoms with E-state index in [0.717, 1.165) is 17.9 Å². The van der Waals surface area contributed by atoms with Crippen LogP contribution >= 0.6 is 0 Å². The summed E-state index contributed by atoms with van der Waals surface area (Å²) >= 11 is 0. The minimum atomic E-state index is -0.822. The SMILES string of the molecule is CCC[C@@H](Nc1ccc(OC)cc1)C(=O)O. The first-order valence-corrected chi connectivity index (χ1v) is 5.30. The van der Waals surface area contributed by atoms with Crippen molar-refractivity contribution < 1.29 is 14.6 Å². The summed E-state index contributed by atoms with van der Waals surface area (Å²) in [5.41, 5.74) is 0.793. The summed E-state index contributed by atoms with van der Waals surface area (Å²) in [5.74, 6) is -0.0643. The first kappa shape index (κ1) is 12.4. The highest BCUT2D eigenvalue weighted by Gasteiger charge is 2.15. The maximum atomic E-state index is 10.9. The molecule has 0 spiro atoms. The van der Waals surface area contributed by atoms with Crippen molar-refractivity contribution in [3.8, 4) is 5.75 Å². The molecule has 0 radical (unpaired) electrons. The van der Waals surface area contributed by atoms with Gasteiger partial charge in [0.15, 0.2) is 0 Å². The van der Waals surface area contributed by atoms with Gasteiger partial charge in [-0.3, -0.25) is 0 Å². The molecule has 4 nitrogen and oxygen atoms in total. The van der Waals surface area contributed by atoms with Crippen LogP contribution in [0.15, 0.2) is 24.3 Å². The van der Waals surface area contributed by atoms with Crippen molar-refractivity contribution in [2.45, 2.75) is 25.8 Å². The number of aliphatic carboxylic acids is 1. The molecule has 1 aromatic carbocycles. The van der Waals surface area contributed by atoms with Crippen molar-refractivity contribution >= 4 is 11.7 Å². The Hall–Kier alpha value is -1.71. The largest absolute Gasteiger partial charge is 0.497 e. The van der Waals surface area contributed by atoms with Gasteiger partial charge in [-0.2, -0.15) is 0 Å². The molecule has 1 rings (SSSR count). The van der Waals surface area contributed by atoms with Crippen LogP contribution in [0.3, 0.4) is 0 Å². The molecular weight excluding hydrogens is 206 g/mol. The Labute approximate surface area is 95.2 Å². The fraction of sp³-hybridized carbons (Fsp3) is 0.417. The van der Waals surface area contributed by atoms with Crippen molar-refractivity contribution in [2.24, 2.45) is 0 Å². The second-order valence-corrected chi connectivity index (χ2v) is 3.55. The highest BCUT2D eigenvalue weighted by atomic mass is 16.5. The van der Waals surface area contributed by atoms with E-state index >= 15 is 0 Å². The Morgan fingerprint density at radius 3 is 2.50 bits per heavy atom. The van der Waals surface area contributed by atoms with Gasteiger partial charge in [0.25, 0.3) is 0 Å². The monoisotopic (exact) mass is 223 g/mol. The van der Waals surface area contributed by atoms with Gasteiger partial charge in [-0.05, 0) is 30.7 Å². The third kappa shape index (κ3) is 3.46. The lowest BCUT2D eigenvalue weighted by Crippen LogP contribution is -2.28. The van der Waals surface area contributed by atoms with E-state index in [9.17, 15) is 4.79 Å². The number of anilines is 1. The molecule has 0 aliphatic rings. The number of ether oxygens (including phenoxy) is 1. The minimum Gasteiger partial charge on any atom is -0.497 e. The van der Waals surface area contributed by atoms with E-state index in [2.05, 4.69) is 5.32 Å². The highest BCUT2D eigenvalue weighted by Crippen LogP contribution is 2.16. The standard InChI is InChI=1S/C12H17NO3/c1-3-4-11(12(14)15)13-9-5-7-10(16-2)8-6-9/h5-8,11,13H,3-4H2,1-2H3,(H,14,15)/t11-/m1/s1. The molecule has 1 atom stereocenters. The number of carboxylic acids is 1. The zero-order valence-electron chi connectivity index (χ0n) is 9.56. The number of methoxy groups -OCH3 is 1. The van der Waals surface area contributed by atoms with Crippen molar-refractivity contribution in [3.05, 3.63) is 24.3 Å². The Balaban J connectivity index is 2.65. The second-order valence-electron chi connectivity index (χ2n) is 3.55. The number of nitrogens with one attached hydrogen (secondary N) is 1. The van der Waals surface area contributed by atoms with Gasteiger partial charge in [-0.25, -0.2) is 4.79 Å². The van der Waals surface area contributed by atoms with Gasteiger partial charge < -0.3 is 15.2 Å². The lowest BCUT2D eigenvalue weighted by molar-refractivity contribution is -0.138. The zero-order valence-corrected chi connectivity index (χ0v) is 9.56. The summed E-state index contributed by atoms with van der Waals surface area (Å²) in [7, 11) is 1.60. The molecular formula is C12H17NO3. The Morgan fingerprint density at radius 1 is 1.44 bits per heavy atom. The molecule has 88 valence electrons. The predicted molar refractivity (Wildman–Crippen MR) is 62.9 cm³/mol. The van der Waals surface area contributed by atoms with Gasteiger partial charge in [-0.1, -0.05) is 13.3 Å². The summed E-state index contributed by atoms with van der Waals surface area (Å²) in [6.07, 6.45) is 1.45. The first-order chi connectivity index (χ1) is 7.67. The molecule has 0 saturated heterocycles. The van der Waals surface area contributed by atoms with Crippen molar-refractivity contribution in [1.29, 1.82) is 0 Å². The van der Waals surface area contributed by atoms with Gasteiger partial charge in [-0.15, -0.1) is 0 Å². The summed E-state index contributed by atoms with van der Waals surface area (Å²) < 4.78 is 5.03. The summed E-state index contributed by atoms with van der Waals surface area (Å²) in [5, 5.41) is 12.0. The molecule has 16 heavy (non-hydrogen) atoms. The third-order valence-corrected chi connectivity index (χ3v) is 2.31. The van der Waals surface area contributed by atoms with E-state index in [1.165, 1.54) is 0 Å². The lowest BCUT2D eigenvalue weighted by Gasteiger charge is -2.14. The number of rotatable bonds is 6. The Morgan fingerprint density at radius 2 is 2.06 bits per heavy atom. The smallest absolute Gasteiger partial charge is 0.326 e. The average Bonchev–Trinajstić information content (AvgIpc) is 2.29. The van der Waals surface area contributed by atoms with Gasteiger partial charge in [0.2, 0.25) is 0 Å². The van der Waals surface area contributed by atoms with E-state index in [-0.39, 0.29) is 0 Å². The lowest BCUT2D eigenvalue weighted by atomic mass is 10.1. The summed E-state index contributed by atoms with van der Waals surface area (Å²) in [4.78, 5) is 10.9. The zero-order chi connectivity index (χ0) is 12.0. The van der Waals surface area contributed by atoms with Gasteiger partial charge in [0, 0.05) is 5.69 Å².